The van der Waals surface area contributed by atoms with Gasteiger partial charge in [-0.15, -0.1) is 0 Å². The van der Waals surface area contributed by atoms with Gasteiger partial charge in [0.25, 0.3) is 5.91 Å². The summed E-state index contributed by atoms with van der Waals surface area (Å²) in [5.74, 6) is 1.05. The number of aromatic nitrogens is 5. The van der Waals surface area contributed by atoms with E-state index < -0.39 is 0 Å². The summed E-state index contributed by atoms with van der Waals surface area (Å²) in [6.45, 7) is 2.89. The van der Waals surface area contributed by atoms with Gasteiger partial charge in [-0.1, -0.05) is 16.8 Å². The van der Waals surface area contributed by atoms with Crippen LogP contribution in [0.15, 0.2) is 35.1 Å². The number of rotatable bonds is 4. The Morgan fingerprint density at radius 3 is 2.97 bits per heavy atom. The van der Waals surface area contributed by atoms with Crippen molar-refractivity contribution >= 4 is 40.1 Å². The Balaban J connectivity index is 1.32. The summed E-state index contributed by atoms with van der Waals surface area (Å²) in [5, 5.41) is 21.2. The number of carbonyl (C=O) groups is 1. The average Bonchev–Trinajstić information content (AvgIpc) is 3.54. The molecule has 11 nitrogen and oxygen atoms in total. The van der Waals surface area contributed by atoms with Gasteiger partial charge in [-0.05, 0) is 37.6 Å². The van der Waals surface area contributed by atoms with Crippen LogP contribution in [-0.4, -0.2) is 49.9 Å². The molecule has 0 saturated carbocycles. The first kappa shape index (κ1) is 20.7. The Kier molecular flexibility index (Phi) is 5.07. The van der Waals surface area contributed by atoms with E-state index in [-0.39, 0.29) is 23.5 Å². The molecular formula is C21H18ClN9O2. The average molecular weight is 464 g/mol. The Morgan fingerprint density at radius 2 is 2.24 bits per heavy atom. The molecule has 1 amide bonds. The lowest BCUT2D eigenvalue weighted by Crippen LogP contribution is -2.37. The molecule has 1 fully saturated rings. The number of halogens is 1. The molecule has 1 saturated heterocycles. The number of hydrogen-bond acceptors (Lipinski definition) is 9. The fourth-order valence-electron chi connectivity index (χ4n) is 3.85. The summed E-state index contributed by atoms with van der Waals surface area (Å²) in [6, 6.07) is 8.53. The third-order valence-electron chi connectivity index (χ3n) is 5.47. The number of amides is 1. The second-order valence-electron chi connectivity index (χ2n) is 7.69. The number of benzene rings is 1. The fraction of sp³-hybridized carbons (Fsp3) is 0.238. The van der Waals surface area contributed by atoms with Crippen LogP contribution in [0.2, 0.25) is 5.02 Å². The molecule has 0 aliphatic carbocycles. The number of nitriles is 1. The number of pyridine rings is 1. The van der Waals surface area contributed by atoms with Crippen molar-refractivity contribution in [2.45, 2.75) is 19.4 Å². The van der Waals surface area contributed by atoms with Crippen LogP contribution >= 0.6 is 11.6 Å². The summed E-state index contributed by atoms with van der Waals surface area (Å²) < 4.78 is 6.93. The number of anilines is 2. The second kappa shape index (κ2) is 8.07. The van der Waals surface area contributed by atoms with Crippen molar-refractivity contribution in [3.05, 3.63) is 52.7 Å². The van der Waals surface area contributed by atoms with Crippen LogP contribution < -0.4 is 16.0 Å². The van der Waals surface area contributed by atoms with Gasteiger partial charge in [0, 0.05) is 19.1 Å². The zero-order valence-electron chi connectivity index (χ0n) is 17.5. The Morgan fingerprint density at radius 1 is 1.39 bits per heavy atom. The van der Waals surface area contributed by atoms with Crippen molar-refractivity contribution in [3.63, 3.8) is 0 Å². The van der Waals surface area contributed by atoms with Crippen LogP contribution in [0.1, 0.15) is 28.3 Å². The molecule has 166 valence electrons. The molecule has 1 aliphatic rings. The number of nitrogens with zero attached hydrogens (tertiary/aromatic N) is 7. The topological polar surface area (TPSA) is 152 Å². The highest BCUT2D eigenvalue weighted by Crippen LogP contribution is 2.31. The van der Waals surface area contributed by atoms with Crippen molar-refractivity contribution in [3.8, 4) is 11.8 Å². The number of nitrogen functional groups attached to an aromatic ring is 1. The van der Waals surface area contributed by atoms with Crippen molar-refractivity contribution in [2.24, 2.45) is 0 Å². The quantitative estimate of drug-likeness (QED) is 0.463. The minimum absolute atomic E-state index is 0.144. The van der Waals surface area contributed by atoms with Gasteiger partial charge in [0.15, 0.2) is 11.6 Å². The fourth-order valence-corrected chi connectivity index (χ4v) is 4.11. The first-order valence-corrected chi connectivity index (χ1v) is 10.5. The number of fused-ring (bicyclic) bond motifs is 1. The van der Waals surface area contributed by atoms with E-state index in [1.54, 1.807) is 42.2 Å². The lowest BCUT2D eigenvalue weighted by atomic mass is 10.1. The van der Waals surface area contributed by atoms with Crippen LogP contribution in [-0.2, 0) is 0 Å². The SMILES string of the molecule is Cc1ncn(-c2ccc(C(=O)N[C@@H]3CCN(c4nc(C#N)cc5c(N)noc45)C3)c(Cl)c2)n1. The van der Waals surface area contributed by atoms with Crippen molar-refractivity contribution in [1.29, 1.82) is 5.26 Å². The maximum absolute atomic E-state index is 12.9. The molecule has 1 aromatic carbocycles. The largest absolute Gasteiger partial charge is 0.380 e. The number of aryl methyl sites for hydroxylation is 1. The predicted molar refractivity (Wildman–Crippen MR) is 120 cm³/mol. The van der Waals surface area contributed by atoms with Crippen molar-refractivity contribution < 1.29 is 9.32 Å². The van der Waals surface area contributed by atoms with Gasteiger partial charge in [-0.2, -0.15) is 10.4 Å². The summed E-state index contributed by atoms with van der Waals surface area (Å²) in [4.78, 5) is 23.3. The van der Waals surface area contributed by atoms with Crippen LogP contribution in [0.25, 0.3) is 16.7 Å². The normalized spacial score (nSPS) is 15.7. The molecule has 0 spiro atoms. The third-order valence-corrected chi connectivity index (χ3v) is 5.78. The zero-order valence-corrected chi connectivity index (χ0v) is 18.2. The van der Waals surface area contributed by atoms with E-state index in [2.05, 4.69) is 25.5 Å². The highest BCUT2D eigenvalue weighted by Gasteiger charge is 2.29. The predicted octanol–water partition coefficient (Wildman–Crippen LogP) is 2.23. The van der Waals surface area contributed by atoms with E-state index in [1.807, 2.05) is 11.0 Å². The highest BCUT2D eigenvalue weighted by atomic mass is 35.5. The Labute approximate surface area is 192 Å². The van der Waals surface area contributed by atoms with Crippen LogP contribution in [0.4, 0.5) is 11.6 Å². The molecule has 0 radical (unpaired) electrons. The summed E-state index contributed by atoms with van der Waals surface area (Å²) in [7, 11) is 0. The van der Waals surface area contributed by atoms with Gasteiger partial charge in [-0.3, -0.25) is 4.79 Å². The summed E-state index contributed by atoms with van der Waals surface area (Å²) in [5.41, 5.74) is 7.56. The lowest BCUT2D eigenvalue weighted by molar-refractivity contribution is 0.0940. The molecule has 12 heteroatoms. The van der Waals surface area contributed by atoms with Gasteiger partial charge in [0.05, 0.1) is 21.7 Å². The van der Waals surface area contributed by atoms with Crippen molar-refractivity contribution in [2.75, 3.05) is 23.7 Å². The Hall–Kier alpha value is -4.17. The summed E-state index contributed by atoms with van der Waals surface area (Å²) in [6.07, 6.45) is 2.27. The van der Waals surface area contributed by atoms with Crippen LogP contribution in [0.5, 0.6) is 0 Å². The first-order valence-electron chi connectivity index (χ1n) is 10.1. The van der Waals surface area contributed by atoms with E-state index in [9.17, 15) is 10.1 Å². The molecule has 1 aliphatic heterocycles. The van der Waals surface area contributed by atoms with Crippen molar-refractivity contribution in [1.82, 2.24) is 30.2 Å². The van der Waals surface area contributed by atoms with Gasteiger partial charge in [-0.25, -0.2) is 14.6 Å². The molecule has 1 atom stereocenters. The maximum Gasteiger partial charge on any atom is 0.253 e. The maximum atomic E-state index is 12.9. The second-order valence-corrected chi connectivity index (χ2v) is 8.10. The zero-order chi connectivity index (χ0) is 23.1. The van der Waals surface area contributed by atoms with E-state index in [0.29, 0.717) is 58.4 Å². The molecule has 4 aromatic rings. The molecule has 33 heavy (non-hydrogen) atoms. The van der Waals surface area contributed by atoms with Gasteiger partial charge in [0.1, 0.15) is 23.9 Å². The summed E-state index contributed by atoms with van der Waals surface area (Å²) >= 11 is 6.39. The van der Waals surface area contributed by atoms with E-state index in [4.69, 9.17) is 21.9 Å². The number of carbonyl (C=O) groups excluding carboxylic acids is 1. The molecule has 3 N–H and O–H groups in total. The van der Waals surface area contributed by atoms with Gasteiger partial charge < -0.3 is 20.5 Å². The van der Waals surface area contributed by atoms with Crippen LogP contribution in [0.3, 0.4) is 0 Å². The minimum atomic E-state index is -0.277. The molecule has 4 heterocycles. The molecule has 0 unspecified atom stereocenters. The molecule has 5 rings (SSSR count). The van der Waals surface area contributed by atoms with E-state index in [0.717, 1.165) is 0 Å². The van der Waals surface area contributed by atoms with Crippen LogP contribution in [0, 0.1) is 18.3 Å². The van der Waals surface area contributed by atoms with Gasteiger partial charge in [0.2, 0.25) is 5.58 Å². The lowest BCUT2D eigenvalue weighted by Gasteiger charge is -2.18. The third kappa shape index (κ3) is 3.81. The van der Waals surface area contributed by atoms with Gasteiger partial charge >= 0.3 is 0 Å². The van der Waals surface area contributed by atoms with E-state index in [1.165, 1.54) is 0 Å². The number of hydrogen-bond donors (Lipinski definition) is 2. The monoisotopic (exact) mass is 463 g/mol. The highest BCUT2D eigenvalue weighted by molar-refractivity contribution is 6.34. The number of nitrogens with one attached hydrogen (secondary N) is 1. The smallest absolute Gasteiger partial charge is 0.253 e. The standard InChI is InChI=1S/C21H18ClN9O2/c1-11-25-10-31(28-11)14-2-3-15(17(22)7-14)21(32)27-12-4-5-30(9-12)20-18-16(19(24)29-33-18)6-13(8-23)26-20/h2-3,6-7,10,12H,4-5,9H2,1H3,(H2,24,29)(H,27,32)/t12-/m1/s1. The minimum Gasteiger partial charge on any atom is -0.380 e. The molecule has 3 aromatic heterocycles. The molecular weight excluding hydrogens is 446 g/mol. The Bertz CT molecular complexity index is 1420. The first-order chi connectivity index (χ1) is 15.9. The number of nitrogens with two attached hydrogens (primary N) is 1. The molecule has 0 bridgehead atoms. The van der Waals surface area contributed by atoms with E-state index >= 15 is 0 Å².